The molecule has 4 fully saturated rings. The summed E-state index contributed by atoms with van der Waals surface area (Å²) in [6, 6.07) is 4.79. The first-order chi connectivity index (χ1) is 22.5. The van der Waals surface area contributed by atoms with Crippen molar-refractivity contribution in [3.8, 4) is 11.5 Å². The molecule has 5 aliphatic carbocycles. The van der Waals surface area contributed by atoms with Crippen molar-refractivity contribution in [2.45, 2.75) is 105 Å². The Kier molecular flexibility index (Phi) is 8.67. The minimum Gasteiger partial charge on any atom is -0.504 e. The van der Waals surface area contributed by atoms with Crippen LogP contribution in [0.2, 0.25) is 0 Å². The SMILES string of the molecule is COc1cc(C=CC(=O)OCC2(C)C(O)C(O)CC3(C)C2CCC2(C)C3CC=C3C4C(C)C(C)CCC4(C(=O)O)CCC32C)ccc1O. The molecule has 6 rings (SSSR count). The summed E-state index contributed by atoms with van der Waals surface area (Å²) in [6.07, 6.45) is 9.62. The van der Waals surface area contributed by atoms with Crippen LogP contribution >= 0.6 is 0 Å². The lowest BCUT2D eigenvalue weighted by molar-refractivity contribution is -0.245. The van der Waals surface area contributed by atoms with Crippen LogP contribution in [0.3, 0.4) is 0 Å². The molecule has 0 saturated heterocycles. The number of carboxylic acid groups (broad SMARTS) is 1. The molecule has 0 aromatic heterocycles. The van der Waals surface area contributed by atoms with Crippen LogP contribution in [-0.4, -0.2) is 58.3 Å². The van der Waals surface area contributed by atoms with Crippen molar-refractivity contribution in [1.29, 1.82) is 0 Å². The van der Waals surface area contributed by atoms with Crippen LogP contribution in [0.15, 0.2) is 35.9 Å². The molecule has 1 aromatic rings. The number of aliphatic hydroxyl groups excluding tert-OH is 2. The maximum absolute atomic E-state index is 13.0. The van der Waals surface area contributed by atoms with Crippen LogP contribution in [0.4, 0.5) is 0 Å². The average Bonchev–Trinajstić information content (AvgIpc) is 3.04. The summed E-state index contributed by atoms with van der Waals surface area (Å²) >= 11 is 0. The molecule has 8 heteroatoms. The molecule has 0 bridgehead atoms. The molecule has 0 spiro atoms. The quantitative estimate of drug-likeness (QED) is 0.145. The summed E-state index contributed by atoms with van der Waals surface area (Å²) in [6.45, 7) is 13.6. The van der Waals surface area contributed by atoms with Gasteiger partial charge in [0.1, 0.15) is 0 Å². The molecule has 264 valence electrons. The van der Waals surface area contributed by atoms with E-state index in [0.717, 1.165) is 38.5 Å². The highest BCUT2D eigenvalue weighted by Gasteiger charge is 2.71. The zero-order valence-electron chi connectivity index (χ0n) is 29.8. The molecule has 0 heterocycles. The van der Waals surface area contributed by atoms with Crippen LogP contribution in [0.25, 0.3) is 6.08 Å². The monoisotopic (exact) mass is 664 g/mol. The number of benzene rings is 1. The smallest absolute Gasteiger partial charge is 0.330 e. The van der Waals surface area contributed by atoms with Gasteiger partial charge in [0.15, 0.2) is 11.5 Å². The molecule has 4 saturated carbocycles. The van der Waals surface area contributed by atoms with E-state index in [1.54, 1.807) is 18.2 Å². The van der Waals surface area contributed by atoms with E-state index in [2.05, 4.69) is 40.7 Å². The maximum atomic E-state index is 13.0. The first kappa shape index (κ1) is 35.0. The Bertz CT molecular complexity index is 1520. The molecule has 0 radical (unpaired) electrons. The largest absolute Gasteiger partial charge is 0.504 e. The first-order valence-corrected chi connectivity index (χ1v) is 18.0. The fourth-order valence-corrected chi connectivity index (χ4v) is 12.2. The predicted octanol–water partition coefficient (Wildman–Crippen LogP) is 7.01. The van der Waals surface area contributed by atoms with Crippen LogP contribution < -0.4 is 4.74 Å². The Labute approximate surface area is 285 Å². The minimum absolute atomic E-state index is 0.00786. The van der Waals surface area contributed by atoms with E-state index in [1.807, 2.05) is 6.92 Å². The topological polar surface area (TPSA) is 134 Å². The molecule has 12 atom stereocenters. The number of ether oxygens (including phenoxy) is 2. The Morgan fingerprint density at radius 2 is 1.73 bits per heavy atom. The molecule has 12 unspecified atom stereocenters. The summed E-state index contributed by atoms with van der Waals surface area (Å²) in [5, 5.41) is 43.6. The molecular formula is C40H56O8. The average molecular weight is 665 g/mol. The van der Waals surface area contributed by atoms with E-state index in [4.69, 9.17) is 9.47 Å². The second-order valence-electron chi connectivity index (χ2n) is 17.2. The van der Waals surface area contributed by atoms with Gasteiger partial charge in [-0.1, -0.05) is 59.3 Å². The normalized spacial score (nSPS) is 45.2. The molecule has 8 nitrogen and oxygen atoms in total. The lowest BCUT2D eigenvalue weighted by Gasteiger charge is -2.71. The van der Waals surface area contributed by atoms with Gasteiger partial charge in [0, 0.05) is 11.5 Å². The van der Waals surface area contributed by atoms with Crippen LogP contribution in [0, 0.1) is 56.7 Å². The van der Waals surface area contributed by atoms with E-state index in [9.17, 15) is 30.0 Å². The minimum atomic E-state index is -1.04. The number of aliphatic hydroxyl groups is 2. The van der Waals surface area contributed by atoms with Gasteiger partial charge in [-0.3, -0.25) is 4.79 Å². The van der Waals surface area contributed by atoms with Gasteiger partial charge >= 0.3 is 11.9 Å². The number of phenolic OH excluding ortho intramolecular Hbond substituents is 1. The van der Waals surface area contributed by atoms with Crippen molar-refractivity contribution in [3.05, 3.63) is 41.5 Å². The van der Waals surface area contributed by atoms with Crippen LogP contribution in [0.1, 0.15) is 98.5 Å². The molecule has 5 aliphatic rings. The lowest BCUT2D eigenvalue weighted by Crippen LogP contribution is -2.68. The fraction of sp³-hybridized carbons (Fsp3) is 0.700. The van der Waals surface area contributed by atoms with Crippen molar-refractivity contribution >= 4 is 18.0 Å². The Morgan fingerprint density at radius 3 is 2.42 bits per heavy atom. The zero-order valence-corrected chi connectivity index (χ0v) is 29.8. The Balaban J connectivity index is 1.29. The highest BCUT2D eigenvalue weighted by Crippen LogP contribution is 2.75. The number of carbonyl (C=O) groups is 2. The number of esters is 1. The summed E-state index contributed by atoms with van der Waals surface area (Å²) < 4.78 is 11.0. The van der Waals surface area contributed by atoms with Gasteiger partial charge < -0.3 is 29.9 Å². The van der Waals surface area contributed by atoms with Crippen LogP contribution in [0.5, 0.6) is 11.5 Å². The molecule has 0 amide bonds. The number of carbonyl (C=O) groups excluding carboxylic acids is 1. The van der Waals surface area contributed by atoms with Gasteiger partial charge in [-0.25, -0.2) is 4.79 Å². The summed E-state index contributed by atoms with van der Waals surface area (Å²) in [5.41, 5.74) is -0.130. The lowest BCUT2D eigenvalue weighted by atomic mass is 9.33. The summed E-state index contributed by atoms with van der Waals surface area (Å²) in [4.78, 5) is 26.0. The third-order valence-corrected chi connectivity index (χ3v) is 15.3. The molecule has 48 heavy (non-hydrogen) atoms. The van der Waals surface area contributed by atoms with Crippen molar-refractivity contribution in [2.24, 2.45) is 56.7 Å². The van der Waals surface area contributed by atoms with Gasteiger partial charge in [-0.15, -0.1) is 0 Å². The van der Waals surface area contributed by atoms with Crippen molar-refractivity contribution < 1.29 is 39.5 Å². The number of allylic oxidation sites excluding steroid dienone is 2. The summed E-state index contributed by atoms with van der Waals surface area (Å²) in [7, 11) is 1.46. The maximum Gasteiger partial charge on any atom is 0.330 e. The Hall–Kier alpha value is -2.84. The molecule has 0 aliphatic heterocycles. The Morgan fingerprint density at radius 1 is 1.00 bits per heavy atom. The number of carboxylic acids is 1. The van der Waals surface area contributed by atoms with Crippen LogP contribution in [-0.2, 0) is 14.3 Å². The zero-order chi connectivity index (χ0) is 35.0. The van der Waals surface area contributed by atoms with Gasteiger partial charge in [-0.2, -0.15) is 0 Å². The van der Waals surface area contributed by atoms with Gasteiger partial charge in [0.25, 0.3) is 0 Å². The van der Waals surface area contributed by atoms with Gasteiger partial charge in [0.05, 0.1) is 31.3 Å². The highest BCUT2D eigenvalue weighted by atomic mass is 16.5. The second-order valence-corrected chi connectivity index (χ2v) is 17.2. The first-order valence-electron chi connectivity index (χ1n) is 18.0. The number of hydrogen-bond donors (Lipinski definition) is 4. The van der Waals surface area contributed by atoms with Gasteiger partial charge in [-0.05, 0) is 121 Å². The van der Waals surface area contributed by atoms with Crippen molar-refractivity contribution in [3.63, 3.8) is 0 Å². The van der Waals surface area contributed by atoms with E-state index >= 15 is 0 Å². The van der Waals surface area contributed by atoms with Gasteiger partial charge in [0.2, 0.25) is 0 Å². The van der Waals surface area contributed by atoms with E-state index in [-0.39, 0.29) is 46.4 Å². The number of hydrogen-bond acceptors (Lipinski definition) is 7. The third kappa shape index (κ3) is 4.90. The number of aliphatic carboxylic acids is 1. The number of phenols is 1. The van der Waals surface area contributed by atoms with E-state index in [0.29, 0.717) is 36.0 Å². The molecular weight excluding hydrogens is 608 g/mol. The molecule has 1 aromatic carbocycles. The number of methoxy groups -OCH3 is 1. The number of aromatic hydroxyl groups is 1. The highest BCUT2D eigenvalue weighted by molar-refractivity contribution is 5.87. The summed E-state index contributed by atoms with van der Waals surface area (Å²) in [5.74, 6) is 0.150. The third-order valence-electron chi connectivity index (χ3n) is 15.3. The van der Waals surface area contributed by atoms with Crippen molar-refractivity contribution in [2.75, 3.05) is 13.7 Å². The molecule has 4 N–H and O–H groups in total. The second kappa shape index (κ2) is 11.9. The fourth-order valence-electron chi connectivity index (χ4n) is 12.2. The predicted molar refractivity (Wildman–Crippen MR) is 183 cm³/mol. The number of rotatable bonds is 6. The van der Waals surface area contributed by atoms with E-state index in [1.165, 1.54) is 24.8 Å². The standard InChI is InChI=1S/C40H56O8/c1-23-14-17-40(35(45)46)19-18-38(5)26(33(40)24(23)2)10-12-31-36(3)21-28(42)34(44)37(4,30(36)15-16-39(31,38)6)22-48-32(43)13-9-25-8-11-27(41)29(20-25)47-7/h8-11,13,20,23-24,28,30-31,33-34,41-42,44H,12,14-19,21-22H2,1-7H3,(H,45,46). The van der Waals surface area contributed by atoms with Crippen molar-refractivity contribution in [1.82, 2.24) is 0 Å². The van der Waals surface area contributed by atoms with E-state index < -0.39 is 35.0 Å². The number of fused-ring (bicyclic) bond motifs is 7.